The third kappa shape index (κ3) is 4.27. The molecular weight excluding hydrogens is 350 g/mol. The molecule has 2 aromatic carbocycles. The van der Waals surface area contributed by atoms with Gasteiger partial charge in [0.25, 0.3) is 5.91 Å². The number of rotatable bonds is 5. The van der Waals surface area contributed by atoms with Crippen LogP contribution in [0.4, 0.5) is 5.69 Å². The Morgan fingerprint density at radius 1 is 0.929 bits per heavy atom. The summed E-state index contributed by atoms with van der Waals surface area (Å²) in [7, 11) is 0. The van der Waals surface area contributed by atoms with Crippen LogP contribution in [0.5, 0.6) is 0 Å². The molecule has 0 aromatic heterocycles. The summed E-state index contributed by atoms with van der Waals surface area (Å²) in [4.78, 5) is 23.5. The Balaban J connectivity index is 1.77. The summed E-state index contributed by atoms with van der Waals surface area (Å²) in [6.45, 7) is 9.04. The first-order valence-electron chi connectivity index (χ1n) is 9.86. The minimum Gasteiger partial charge on any atom is -0.481 e. The van der Waals surface area contributed by atoms with Gasteiger partial charge in [-0.1, -0.05) is 45.9 Å². The van der Waals surface area contributed by atoms with Crippen molar-refractivity contribution in [1.29, 1.82) is 0 Å². The zero-order chi connectivity index (χ0) is 20.5. The zero-order valence-corrected chi connectivity index (χ0v) is 17.1. The highest BCUT2D eigenvalue weighted by Crippen LogP contribution is 2.45. The molecule has 3 rings (SSSR count). The van der Waals surface area contributed by atoms with E-state index in [-0.39, 0.29) is 23.2 Å². The van der Waals surface area contributed by atoms with E-state index in [4.69, 9.17) is 5.11 Å². The standard InChI is InChI=1S/C24H29NO3/c1-23(2)13-14-24(3,4)20-15-17(8-11-19(20)23)22(28)25-18-9-5-16(6-10-18)7-12-21(26)27/h5-6,8-11,15H,7,12-14H2,1-4H3,(H,25,28)(H,26,27). The van der Waals surface area contributed by atoms with E-state index in [1.807, 2.05) is 36.4 Å². The predicted molar refractivity (Wildman–Crippen MR) is 112 cm³/mol. The fraction of sp³-hybridized carbons (Fsp3) is 0.417. The molecule has 0 radical (unpaired) electrons. The van der Waals surface area contributed by atoms with Crippen molar-refractivity contribution in [1.82, 2.24) is 0 Å². The molecule has 2 aromatic rings. The Labute approximate surface area is 167 Å². The van der Waals surface area contributed by atoms with E-state index < -0.39 is 5.97 Å². The molecule has 0 fully saturated rings. The van der Waals surface area contributed by atoms with Gasteiger partial charge in [0, 0.05) is 17.7 Å². The summed E-state index contributed by atoms with van der Waals surface area (Å²) in [6, 6.07) is 13.4. The Morgan fingerprint density at radius 3 is 2.14 bits per heavy atom. The number of carbonyl (C=O) groups is 2. The maximum atomic E-state index is 12.8. The fourth-order valence-electron chi connectivity index (χ4n) is 3.94. The number of aryl methyl sites for hydroxylation is 1. The van der Waals surface area contributed by atoms with Crippen molar-refractivity contribution in [2.75, 3.05) is 5.32 Å². The van der Waals surface area contributed by atoms with Crippen molar-refractivity contribution in [2.24, 2.45) is 0 Å². The first kappa shape index (κ1) is 20.1. The molecule has 1 aliphatic rings. The van der Waals surface area contributed by atoms with Crippen LogP contribution in [0.15, 0.2) is 42.5 Å². The number of hydrogen-bond acceptors (Lipinski definition) is 2. The molecule has 1 amide bonds. The minimum atomic E-state index is -0.809. The van der Waals surface area contributed by atoms with Gasteiger partial charge in [0.05, 0.1) is 0 Å². The molecule has 28 heavy (non-hydrogen) atoms. The summed E-state index contributed by atoms with van der Waals surface area (Å²) in [5.41, 5.74) is 5.11. The maximum Gasteiger partial charge on any atom is 0.303 e. The number of benzene rings is 2. The van der Waals surface area contributed by atoms with E-state index in [1.54, 1.807) is 0 Å². The van der Waals surface area contributed by atoms with E-state index >= 15 is 0 Å². The lowest BCUT2D eigenvalue weighted by Gasteiger charge is -2.42. The van der Waals surface area contributed by atoms with Gasteiger partial charge in [-0.25, -0.2) is 0 Å². The van der Waals surface area contributed by atoms with Gasteiger partial charge in [0.15, 0.2) is 0 Å². The molecule has 0 aliphatic heterocycles. The van der Waals surface area contributed by atoms with Crippen molar-refractivity contribution >= 4 is 17.6 Å². The molecule has 0 bridgehead atoms. The molecule has 0 heterocycles. The van der Waals surface area contributed by atoms with Gasteiger partial charge in [-0.05, 0) is 71.0 Å². The minimum absolute atomic E-state index is 0.0624. The van der Waals surface area contributed by atoms with E-state index in [0.717, 1.165) is 18.4 Å². The van der Waals surface area contributed by atoms with E-state index in [2.05, 4.69) is 39.1 Å². The van der Waals surface area contributed by atoms with Gasteiger partial charge >= 0.3 is 5.97 Å². The van der Waals surface area contributed by atoms with Crippen LogP contribution in [0.3, 0.4) is 0 Å². The molecule has 4 heteroatoms. The second kappa shape index (κ2) is 7.42. The number of amides is 1. The molecule has 4 nitrogen and oxygen atoms in total. The normalized spacial score (nSPS) is 16.9. The number of hydrogen-bond donors (Lipinski definition) is 2. The van der Waals surface area contributed by atoms with Crippen LogP contribution in [0, 0.1) is 0 Å². The van der Waals surface area contributed by atoms with Crippen LogP contribution in [-0.4, -0.2) is 17.0 Å². The lowest BCUT2D eigenvalue weighted by Crippen LogP contribution is -2.34. The zero-order valence-electron chi connectivity index (χ0n) is 17.1. The highest BCUT2D eigenvalue weighted by Gasteiger charge is 2.37. The number of aliphatic carboxylic acids is 1. The second-order valence-electron chi connectivity index (χ2n) is 9.07. The fourth-order valence-corrected chi connectivity index (χ4v) is 3.94. The summed E-state index contributed by atoms with van der Waals surface area (Å²) in [6.07, 6.45) is 2.84. The van der Waals surface area contributed by atoms with Gasteiger partial charge in [-0.2, -0.15) is 0 Å². The first-order chi connectivity index (χ1) is 13.1. The highest BCUT2D eigenvalue weighted by atomic mass is 16.4. The molecular formula is C24H29NO3. The van der Waals surface area contributed by atoms with Crippen LogP contribution >= 0.6 is 0 Å². The van der Waals surface area contributed by atoms with Crippen LogP contribution in [-0.2, 0) is 22.0 Å². The average Bonchev–Trinajstić information content (AvgIpc) is 2.64. The van der Waals surface area contributed by atoms with Crippen molar-refractivity contribution in [3.8, 4) is 0 Å². The maximum absolute atomic E-state index is 12.8. The predicted octanol–water partition coefficient (Wildman–Crippen LogP) is 5.31. The average molecular weight is 380 g/mol. The molecule has 148 valence electrons. The van der Waals surface area contributed by atoms with Gasteiger partial charge in [-0.15, -0.1) is 0 Å². The molecule has 0 unspecified atom stereocenters. The quantitative estimate of drug-likeness (QED) is 0.740. The van der Waals surface area contributed by atoms with Crippen molar-refractivity contribution in [2.45, 2.75) is 64.2 Å². The SMILES string of the molecule is CC1(C)CCC(C)(C)c2cc(C(=O)Nc3ccc(CCC(=O)O)cc3)ccc21. The summed E-state index contributed by atoms with van der Waals surface area (Å²) in [5, 5.41) is 11.7. The molecule has 0 atom stereocenters. The summed E-state index contributed by atoms with van der Waals surface area (Å²) < 4.78 is 0. The van der Waals surface area contributed by atoms with Crippen molar-refractivity contribution < 1.29 is 14.7 Å². The van der Waals surface area contributed by atoms with Gasteiger partial charge in [0.2, 0.25) is 0 Å². The Morgan fingerprint density at radius 2 is 1.54 bits per heavy atom. The smallest absolute Gasteiger partial charge is 0.303 e. The first-order valence-corrected chi connectivity index (χ1v) is 9.86. The third-order valence-corrected chi connectivity index (χ3v) is 5.95. The number of carboxylic acid groups (broad SMARTS) is 1. The highest BCUT2D eigenvalue weighted by molar-refractivity contribution is 6.04. The van der Waals surface area contributed by atoms with Crippen LogP contribution in [0.2, 0.25) is 0 Å². The Bertz CT molecular complexity index is 895. The van der Waals surface area contributed by atoms with E-state index in [0.29, 0.717) is 17.7 Å². The Hall–Kier alpha value is -2.62. The summed E-state index contributed by atoms with van der Waals surface area (Å²) in [5.74, 6) is -0.934. The Kier molecular flexibility index (Phi) is 5.33. The van der Waals surface area contributed by atoms with Crippen molar-refractivity contribution in [3.05, 3.63) is 64.7 Å². The lowest BCUT2D eigenvalue weighted by molar-refractivity contribution is -0.136. The van der Waals surface area contributed by atoms with E-state index in [1.165, 1.54) is 11.1 Å². The van der Waals surface area contributed by atoms with Gasteiger partial charge in [0.1, 0.15) is 0 Å². The number of nitrogens with one attached hydrogen (secondary N) is 1. The van der Waals surface area contributed by atoms with Crippen LogP contribution < -0.4 is 5.32 Å². The topological polar surface area (TPSA) is 66.4 Å². The number of fused-ring (bicyclic) bond motifs is 1. The molecule has 1 aliphatic carbocycles. The van der Waals surface area contributed by atoms with Crippen LogP contribution in [0.25, 0.3) is 0 Å². The monoisotopic (exact) mass is 379 g/mol. The largest absolute Gasteiger partial charge is 0.481 e. The molecule has 2 N–H and O–H groups in total. The molecule has 0 saturated heterocycles. The van der Waals surface area contributed by atoms with Crippen molar-refractivity contribution in [3.63, 3.8) is 0 Å². The van der Waals surface area contributed by atoms with Crippen LogP contribution in [0.1, 0.15) is 74.0 Å². The van der Waals surface area contributed by atoms with Gasteiger partial charge < -0.3 is 10.4 Å². The summed E-state index contributed by atoms with van der Waals surface area (Å²) >= 11 is 0. The lowest BCUT2D eigenvalue weighted by atomic mass is 9.63. The number of carboxylic acids is 1. The molecule has 0 spiro atoms. The van der Waals surface area contributed by atoms with Gasteiger partial charge in [-0.3, -0.25) is 9.59 Å². The number of carbonyl (C=O) groups excluding carboxylic acids is 1. The van der Waals surface area contributed by atoms with E-state index in [9.17, 15) is 9.59 Å². The number of anilines is 1. The third-order valence-electron chi connectivity index (χ3n) is 5.95. The molecule has 0 saturated carbocycles. The second-order valence-corrected chi connectivity index (χ2v) is 9.07.